The molecule has 3 rings (SSSR count). The summed E-state index contributed by atoms with van der Waals surface area (Å²) < 4.78 is 2.45. The van der Waals surface area contributed by atoms with Crippen LogP contribution in [-0.4, -0.2) is 16.1 Å². The lowest BCUT2D eigenvalue weighted by Crippen LogP contribution is -2.10. The lowest BCUT2D eigenvalue weighted by Gasteiger charge is -2.13. The maximum Gasteiger partial charge on any atom is 0.113 e. The molecule has 1 fully saturated rings. The number of rotatable bonds is 4. The third kappa shape index (κ3) is 1.93. The van der Waals surface area contributed by atoms with Gasteiger partial charge in [0, 0.05) is 12.0 Å². The second-order valence-electron chi connectivity index (χ2n) is 5.54. The number of hydrogen-bond donors (Lipinski definition) is 1. The SMILES string of the molecule is Cc1ccc2c(c1)nc(C(C)CCN)n2C1CC1. The van der Waals surface area contributed by atoms with Gasteiger partial charge in [-0.25, -0.2) is 4.98 Å². The van der Waals surface area contributed by atoms with Gasteiger partial charge in [-0.15, -0.1) is 0 Å². The topological polar surface area (TPSA) is 43.8 Å². The van der Waals surface area contributed by atoms with E-state index in [9.17, 15) is 0 Å². The Morgan fingerprint density at radius 3 is 2.89 bits per heavy atom. The Bertz CT molecular complexity index is 566. The van der Waals surface area contributed by atoms with Crippen LogP contribution < -0.4 is 5.73 Å². The Morgan fingerprint density at radius 2 is 2.22 bits per heavy atom. The number of aromatic nitrogens is 2. The molecular weight excluding hydrogens is 222 g/mol. The summed E-state index contributed by atoms with van der Waals surface area (Å²) in [5, 5.41) is 0. The lowest BCUT2D eigenvalue weighted by molar-refractivity contribution is 0.593. The van der Waals surface area contributed by atoms with Crippen LogP contribution in [0.1, 0.15) is 49.5 Å². The second kappa shape index (κ2) is 4.39. The van der Waals surface area contributed by atoms with Gasteiger partial charge in [-0.1, -0.05) is 13.0 Å². The van der Waals surface area contributed by atoms with Crippen molar-refractivity contribution in [2.75, 3.05) is 6.54 Å². The van der Waals surface area contributed by atoms with E-state index in [0.29, 0.717) is 12.0 Å². The fraction of sp³-hybridized carbons (Fsp3) is 0.533. The van der Waals surface area contributed by atoms with Crippen molar-refractivity contribution in [1.82, 2.24) is 9.55 Å². The molecule has 0 aliphatic heterocycles. The van der Waals surface area contributed by atoms with Gasteiger partial charge in [-0.2, -0.15) is 0 Å². The van der Waals surface area contributed by atoms with Gasteiger partial charge in [0.05, 0.1) is 11.0 Å². The van der Waals surface area contributed by atoms with Crippen LogP contribution in [0.3, 0.4) is 0 Å². The average Bonchev–Trinajstić information content (AvgIpc) is 3.10. The first-order chi connectivity index (χ1) is 8.70. The van der Waals surface area contributed by atoms with E-state index < -0.39 is 0 Å². The maximum atomic E-state index is 5.69. The summed E-state index contributed by atoms with van der Waals surface area (Å²) in [4.78, 5) is 4.86. The van der Waals surface area contributed by atoms with Gasteiger partial charge in [0.1, 0.15) is 5.82 Å². The zero-order valence-corrected chi connectivity index (χ0v) is 11.2. The molecule has 1 aromatic carbocycles. The first kappa shape index (κ1) is 11.7. The number of hydrogen-bond acceptors (Lipinski definition) is 2. The van der Waals surface area contributed by atoms with Gasteiger partial charge < -0.3 is 10.3 Å². The molecule has 2 N–H and O–H groups in total. The third-order valence-corrected chi connectivity index (χ3v) is 3.82. The number of imidazole rings is 1. The zero-order valence-electron chi connectivity index (χ0n) is 11.2. The third-order valence-electron chi connectivity index (χ3n) is 3.82. The van der Waals surface area contributed by atoms with Crippen LogP contribution in [0.4, 0.5) is 0 Å². The second-order valence-corrected chi connectivity index (χ2v) is 5.54. The summed E-state index contributed by atoms with van der Waals surface area (Å²) in [6, 6.07) is 7.26. The minimum absolute atomic E-state index is 0.448. The van der Waals surface area contributed by atoms with Crippen molar-refractivity contribution in [3.05, 3.63) is 29.6 Å². The standard InChI is InChI=1S/C15H21N3/c1-10-3-6-14-13(9-10)17-15(11(2)7-8-16)18(14)12-4-5-12/h3,6,9,11-12H,4-5,7-8,16H2,1-2H3. The Morgan fingerprint density at radius 1 is 1.44 bits per heavy atom. The fourth-order valence-corrected chi connectivity index (χ4v) is 2.67. The summed E-state index contributed by atoms with van der Waals surface area (Å²) in [5.74, 6) is 1.67. The summed E-state index contributed by atoms with van der Waals surface area (Å²) in [6.45, 7) is 5.09. The van der Waals surface area contributed by atoms with Gasteiger partial charge in [0.15, 0.2) is 0 Å². The van der Waals surface area contributed by atoms with Gasteiger partial charge in [-0.05, 0) is 50.4 Å². The molecule has 0 radical (unpaired) electrons. The Balaban J connectivity index is 2.14. The van der Waals surface area contributed by atoms with Crippen molar-refractivity contribution in [2.45, 2.75) is 45.1 Å². The van der Waals surface area contributed by atoms with E-state index in [4.69, 9.17) is 10.7 Å². The van der Waals surface area contributed by atoms with E-state index in [1.54, 1.807) is 0 Å². The first-order valence-electron chi connectivity index (χ1n) is 6.89. The van der Waals surface area contributed by atoms with Gasteiger partial charge in [-0.3, -0.25) is 0 Å². The highest BCUT2D eigenvalue weighted by atomic mass is 15.1. The molecule has 0 saturated heterocycles. The van der Waals surface area contributed by atoms with Crippen molar-refractivity contribution >= 4 is 11.0 Å². The highest BCUT2D eigenvalue weighted by molar-refractivity contribution is 5.77. The number of nitrogens with two attached hydrogens (primary N) is 1. The largest absolute Gasteiger partial charge is 0.330 e. The fourth-order valence-electron chi connectivity index (χ4n) is 2.67. The Hall–Kier alpha value is -1.35. The van der Waals surface area contributed by atoms with E-state index >= 15 is 0 Å². The van der Waals surface area contributed by atoms with Crippen LogP contribution in [0.5, 0.6) is 0 Å². The van der Waals surface area contributed by atoms with E-state index in [-0.39, 0.29) is 0 Å². The number of aryl methyl sites for hydroxylation is 1. The van der Waals surface area contributed by atoms with E-state index in [0.717, 1.165) is 18.5 Å². The molecule has 1 atom stereocenters. The highest BCUT2D eigenvalue weighted by Crippen LogP contribution is 2.40. The minimum Gasteiger partial charge on any atom is -0.330 e. The molecule has 18 heavy (non-hydrogen) atoms. The molecule has 3 heteroatoms. The maximum absolute atomic E-state index is 5.69. The van der Waals surface area contributed by atoms with Crippen LogP contribution in [0.25, 0.3) is 11.0 Å². The van der Waals surface area contributed by atoms with Crippen molar-refractivity contribution in [1.29, 1.82) is 0 Å². The molecule has 0 bridgehead atoms. The van der Waals surface area contributed by atoms with Crippen molar-refractivity contribution in [3.8, 4) is 0 Å². The molecule has 1 aliphatic rings. The zero-order chi connectivity index (χ0) is 12.7. The summed E-state index contributed by atoms with van der Waals surface area (Å²) in [5.41, 5.74) is 9.40. The van der Waals surface area contributed by atoms with E-state index in [2.05, 4.69) is 36.6 Å². The molecule has 1 aliphatic carbocycles. The highest BCUT2D eigenvalue weighted by Gasteiger charge is 2.29. The molecule has 1 unspecified atom stereocenters. The summed E-state index contributed by atoms with van der Waals surface area (Å²) in [6.07, 6.45) is 3.60. The van der Waals surface area contributed by atoms with Crippen molar-refractivity contribution in [3.63, 3.8) is 0 Å². The van der Waals surface area contributed by atoms with Crippen LogP contribution in [0.15, 0.2) is 18.2 Å². The molecule has 1 saturated carbocycles. The lowest BCUT2D eigenvalue weighted by atomic mass is 10.1. The van der Waals surface area contributed by atoms with Gasteiger partial charge in [0.2, 0.25) is 0 Å². The normalized spacial score (nSPS) is 17.3. The minimum atomic E-state index is 0.448. The summed E-state index contributed by atoms with van der Waals surface area (Å²) in [7, 11) is 0. The Kier molecular flexibility index (Phi) is 2.86. The average molecular weight is 243 g/mol. The molecule has 1 aromatic heterocycles. The predicted octanol–water partition coefficient (Wildman–Crippen LogP) is 3.13. The molecule has 0 amide bonds. The Labute approximate surface area is 108 Å². The van der Waals surface area contributed by atoms with Crippen LogP contribution in [0, 0.1) is 6.92 Å². The van der Waals surface area contributed by atoms with Crippen molar-refractivity contribution < 1.29 is 0 Å². The smallest absolute Gasteiger partial charge is 0.113 e. The quantitative estimate of drug-likeness (QED) is 0.896. The molecule has 3 nitrogen and oxygen atoms in total. The van der Waals surface area contributed by atoms with Crippen LogP contribution >= 0.6 is 0 Å². The number of benzene rings is 1. The molecule has 1 heterocycles. The molecule has 0 spiro atoms. The monoisotopic (exact) mass is 243 g/mol. The predicted molar refractivity (Wildman–Crippen MR) is 74.8 cm³/mol. The first-order valence-corrected chi connectivity index (χ1v) is 6.89. The summed E-state index contributed by atoms with van der Waals surface area (Å²) >= 11 is 0. The molecule has 2 aromatic rings. The number of fused-ring (bicyclic) bond motifs is 1. The van der Waals surface area contributed by atoms with Gasteiger partial charge in [0.25, 0.3) is 0 Å². The number of nitrogens with zero attached hydrogens (tertiary/aromatic N) is 2. The van der Waals surface area contributed by atoms with Crippen LogP contribution in [0.2, 0.25) is 0 Å². The molecule has 96 valence electrons. The molecular formula is C15H21N3. The van der Waals surface area contributed by atoms with Gasteiger partial charge >= 0.3 is 0 Å². The van der Waals surface area contributed by atoms with Crippen LogP contribution in [-0.2, 0) is 0 Å². The van der Waals surface area contributed by atoms with E-state index in [1.165, 1.54) is 29.7 Å². The van der Waals surface area contributed by atoms with Crippen molar-refractivity contribution in [2.24, 2.45) is 5.73 Å². The van der Waals surface area contributed by atoms with E-state index in [1.807, 2.05) is 0 Å².